The van der Waals surface area contributed by atoms with Gasteiger partial charge in [0.2, 0.25) is 0 Å². The Morgan fingerprint density at radius 1 is 1.16 bits per heavy atom. The number of aliphatic hydroxyl groups is 1. The first-order valence-corrected chi connectivity index (χ1v) is 7.32. The molecule has 19 heavy (non-hydrogen) atoms. The monoisotopic (exact) mass is 263 g/mol. The largest absolute Gasteiger partial charge is 0.491 e. The number of aliphatic hydroxyl groups excluding tert-OH is 1. The standard InChI is InChI=1S/C16H25NO2/c1-13(2)19-15-7-5-14(6-8-15)16(18)9-12-17-10-3-4-11-17/h5-8,13,16,18H,3-4,9-12H2,1-2H3. The van der Waals surface area contributed by atoms with E-state index in [0.29, 0.717) is 0 Å². The van der Waals surface area contributed by atoms with Crippen molar-refractivity contribution in [1.82, 2.24) is 4.90 Å². The van der Waals surface area contributed by atoms with Crippen molar-refractivity contribution in [2.45, 2.75) is 45.3 Å². The Balaban J connectivity index is 1.82. The lowest BCUT2D eigenvalue weighted by Gasteiger charge is -2.18. The average Bonchev–Trinajstić information content (AvgIpc) is 2.89. The van der Waals surface area contributed by atoms with E-state index in [2.05, 4.69) is 4.90 Å². The zero-order valence-corrected chi connectivity index (χ0v) is 12.0. The van der Waals surface area contributed by atoms with E-state index in [1.807, 2.05) is 38.1 Å². The molecule has 1 heterocycles. The maximum Gasteiger partial charge on any atom is 0.119 e. The lowest BCUT2D eigenvalue weighted by molar-refractivity contribution is 0.149. The third-order valence-corrected chi connectivity index (χ3v) is 3.55. The summed E-state index contributed by atoms with van der Waals surface area (Å²) in [5.41, 5.74) is 0.982. The van der Waals surface area contributed by atoms with E-state index >= 15 is 0 Å². The molecule has 1 unspecified atom stereocenters. The number of likely N-dealkylation sites (tertiary alicyclic amines) is 1. The van der Waals surface area contributed by atoms with Crippen LogP contribution in [-0.2, 0) is 0 Å². The van der Waals surface area contributed by atoms with Crippen LogP contribution < -0.4 is 4.74 Å². The fourth-order valence-electron chi connectivity index (χ4n) is 2.52. The summed E-state index contributed by atoms with van der Waals surface area (Å²) in [7, 11) is 0. The van der Waals surface area contributed by atoms with Gasteiger partial charge in [-0.05, 0) is 63.9 Å². The van der Waals surface area contributed by atoms with Crippen molar-refractivity contribution in [2.24, 2.45) is 0 Å². The van der Waals surface area contributed by atoms with Gasteiger partial charge in [-0.3, -0.25) is 0 Å². The zero-order valence-electron chi connectivity index (χ0n) is 12.0. The fraction of sp³-hybridized carbons (Fsp3) is 0.625. The van der Waals surface area contributed by atoms with Crippen molar-refractivity contribution < 1.29 is 9.84 Å². The molecule has 1 aromatic carbocycles. The Hall–Kier alpha value is -1.06. The minimum atomic E-state index is -0.367. The second-order valence-corrected chi connectivity index (χ2v) is 5.59. The van der Waals surface area contributed by atoms with Crippen LogP contribution in [0.3, 0.4) is 0 Å². The Morgan fingerprint density at radius 3 is 2.37 bits per heavy atom. The molecule has 0 bridgehead atoms. The van der Waals surface area contributed by atoms with Crippen molar-refractivity contribution in [3.63, 3.8) is 0 Å². The van der Waals surface area contributed by atoms with Crippen LogP contribution in [0.15, 0.2) is 24.3 Å². The van der Waals surface area contributed by atoms with Crippen LogP contribution >= 0.6 is 0 Å². The van der Waals surface area contributed by atoms with Gasteiger partial charge in [-0.15, -0.1) is 0 Å². The average molecular weight is 263 g/mol. The second-order valence-electron chi connectivity index (χ2n) is 5.59. The highest BCUT2D eigenvalue weighted by Crippen LogP contribution is 2.21. The molecule has 1 aliphatic rings. The Labute approximate surface area is 116 Å². The van der Waals surface area contributed by atoms with Gasteiger partial charge < -0.3 is 14.7 Å². The molecule has 0 amide bonds. The second kappa shape index (κ2) is 6.92. The normalized spacial score (nSPS) is 17.9. The Kier molecular flexibility index (Phi) is 5.23. The van der Waals surface area contributed by atoms with Gasteiger partial charge >= 0.3 is 0 Å². The zero-order chi connectivity index (χ0) is 13.7. The molecule has 0 saturated carbocycles. The maximum absolute atomic E-state index is 10.2. The summed E-state index contributed by atoms with van der Waals surface area (Å²) in [6, 6.07) is 7.81. The van der Waals surface area contributed by atoms with E-state index in [4.69, 9.17) is 4.74 Å². The van der Waals surface area contributed by atoms with E-state index in [0.717, 1.165) is 24.3 Å². The number of rotatable bonds is 6. The lowest BCUT2D eigenvalue weighted by Crippen LogP contribution is -2.22. The summed E-state index contributed by atoms with van der Waals surface area (Å²) in [6.45, 7) is 7.39. The van der Waals surface area contributed by atoms with Crippen molar-refractivity contribution in [1.29, 1.82) is 0 Å². The third-order valence-electron chi connectivity index (χ3n) is 3.55. The van der Waals surface area contributed by atoms with Gasteiger partial charge in [-0.2, -0.15) is 0 Å². The molecule has 106 valence electrons. The van der Waals surface area contributed by atoms with Gasteiger partial charge in [-0.25, -0.2) is 0 Å². The molecule has 0 aliphatic carbocycles. The molecule has 3 heteroatoms. The van der Waals surface area contributed by atoms with Gasteiger partial charge in [0.15, 0.2) is 0 Å². The highest BCUT2D eigenvalue weighted by Gasteiger charge is 2.14. The fourth-order valence-corrected chi connectivity index (χ4v) is 2.52. The molecule has 1 saturated heterocycles. The number of hydrogen-bond donors (Lipinski definition) is 1. The Bertz CT molecular complexity index is 369. The summed E-state index contributed by atoms with van der Waals surface area (Å²) in [6.07, 6.45) is 3.23. The van der Waals surface area contributed by atoms with Crippen molar-refractivity contribution >= 4 is 0 Å². The van der Waals surface area contributed by atoms with Gasteiger partial charge in [0, 0.05) is 6.54 Å². The number of ether oxygens (including phenoxy) is 1. The van der Waals surface area contributed by atoms with Gasteiger partial charge in [0.05, 0.1) is 12.2 Å². The van der Waals surface area contributed by atoms with E-state index in [9.17, 15) is 5.11 Å². The van der Waals surface area contributed by atoms with Crippen LogP contribution in [0.5, 0.6) is 5.75 Å². The molecular formula is C16H25NO2. The molecule has 2 rings (SSSR count). The first kappa shape index (κ1) is 14.4. The molecule has 1 aromatic rings. The van der Waals surface area contributed by atoms with Crippen molar-refractivity contribution in [3.05, 3.63) is 29.8 Å². The Morgan fingerprint density at radius 2 is 1.79 bits per heavy atom. The van der Waals surface area contributed by atoms with Crippen LogP contribution in [0.2, 0.25) is 0 Å². The van der Waals surface area contributed by atoms with Crippen LogP contribution in [0.25, 0.3) is 0 Å². The van der Waals surface area contributed by atoms with Crippen LogP contribution in [0, 0.1) is 0 Å². The van der Waals surface area contributed by atoms with E-state index in [1.54, 1.807) is 0 Å². The summed E-state index contributed by atoms with van der Waals surface area (Å²) in [5.74, 6) is 0.866. The molecule has 1 N–H and O–H groups in total. The maximum atomic E-state index is 10.2. The third kappa shape index (κ3) is 4.51. The molecule has 1 fully saturated rings. The quantitative estimate of drug-likeness (QED) is 0.856. The molecule has 0 spiro atoms. The minimum absolute atomic E-state index is 0.186. The number of hydrogen-bond acceptors (Lipinski definition) is 3. The molecule has 1 atom stereocenters. The SMILES string of the molecule is CC(C)Oc1ccc(C(O)CCN2CCCC2)cc1. The molecule has 0 radical (unpaired) electrons. The predicted octanol–water partition coefficient (Wildman–Crippen LogP) is 2.99. The van der Waals surface area contributed by atoms with Crippen LogP contribution in [-0.4, -0.2) is 35.7 Å². The van der Waals surface area contributed by atoms with Crippen molar-refractivity contribution in [2.75, 3.05) is 19.6 Å². The lowest BCUT2D eigenvalue weighted by atomic mass is 10.1. The smallest absolute Gasteiger partial charge is 0.119 e. The van der Waals surface area contributed by atoms with Crippen LogP contribution in [0.4, 0.5) is 0 Å². The van der Waals surface area contributed by atoms with Gasteiger partial charge in [-0.1, -0.05) is 12.1 Å². The summed E-state index contributed by atoms with van der Waals surface area (Å²) < 4.78 is 5.60. The first-order valence-electron chi connectivity index (χ1n) is 7.32. The number of nitrogens with zero attached hydrogens (tertiary/aromatic N) is 1. The first-order chi connectivity index (χ1) is 9.15. The molecular weight excluding hydrogens is 238 g/mol. The highest BCUT2D eigenvalue weighted by atomic mass is 16.5. The summed E-state index contributed by atoms with van der Waals surface area (Å²) in [4.78, 5) is 2.43. The van der Waals surface area contributed by atoms with Gasteiger partial charge in [0.25, 0.3) is 0 Å². The topological polar surface area (TPSA) is 32.7 Å². The highest BCUT2D eigenvalue weighted by molar-refractivity contribution is 5.28. The minimum Gasteiger partial charge on any atom is -0.491 e. The summed E-state index contributed by atoms with van der Waals surface area (Å²) >= 11 is 0. The number of benzene rings is 1. The van der Waals surface area contributed by atoms with Gasteiger partial charge in [0.1, 0.15) is 5.75 Å². The van der Waals surface area contributed by atoms with E-state index in [-0.39, 0.29) is 12.2 Å². The summed E-state index contributed by atoms with van der Waals surface area (Å²) in [5, 5.41) is 10.2. The predicted molar refractivity (Wildman–Crippen MR) is 77.5 cm³/mol. The van der Waals surface area contributed by atoms with E-state index in [1.165, 1.54) is 25.9 Å². The van der Waals surface area contributed by atoms with Crippen molar-refractivity contribution in [3.8, 4) is 5.75 Å². The molecule has 0 aromatic heterocycles. The van der Waals surface area contributed by atoms with Crippen LogP contribution in [0.1, 0.15) is 44.8 Å². The molecule has 3 nitrogen and oxygen atoms in total. The molecule has 1 aliphatic heterocycles. The van der Waals surface area contributed by atoms with E-state index < -0.39 is 0 Å².